The first-order valence-corrected chi connectivity index (χ1v) is 12.1. The molecule has 180 valence electrons. The minimum atomic E-state index is -0.790. The predicted octanol–water partition coefficient (Wildman–Crippen LogP) is 5.42. The van der Waals surface area contributed by atoms with Crippen LogP contribution in [0.3, 0.4) is 0 Å². The highest BCUT2D eigenvalue weighted by Gasteiger charge is 2.39. The maximum Gasteiger partial charge on any atom is 0.265 e. The van der Waals surface area contributed by atoms with Gasteiger partial charge in [0.2, 0.25) is 5.91 Å². The topological polar surface area (TPSA) is 58.6 Å². The van der Waals surface area contributed by atoms with E-state index in [1.807, 2.05) is 30.0 Å². The van der Waals surface area contributed by atoms with Gasteiger partial charge in [0, 0.05) is 18.2 Å². The Morgan fingerprint density at radius 2 is 1.83 bits per heavy atom. The summed E-state index contributed by atoms with van der Waals surface area (Å²) in [5.41, 5.74) is 4.83. The Kier molecular flexibility index (Phi) is 6.29. The quantitative estimate of drug-likeness (QED) is 0.521. The molecule has 1 N–H and O–H groups in total. The molecule has 3 aromatic carbocycles. The fraction of sp³-hybridized carbons (Fsp3) is 0.310. The van der Waals surface area contributed by atoms with E-state index in [4.69, 9.17) is 4.74 Å². The SMILES string of the molecule is Cc1ccc(C2c3cc(OC(C)C(=O)Nc4cccc(F)c4)ccc3CCN2C(=O)C2CC2)cc1. The number of carbonyl (C=O) groups excluding carboxylic acids is 2. The maximum atomic E-state index is 13.5. The van der Waals surface area contributed by atoms with E-state index in [0.717, 1.165) is 30.4 Å². The molecule has 2 atom stereocenters. The van der Waals surface area contributed by atoms with Crippen LogP contribution >= 0.6 is 0 Å². The third kappa shape index (κ3) is 5.06. The molecule has 0 radical (unpaired) electrons. The molecule has 2 unspecified atom stereocenters. The number of fused-ring (bicyclic) bond motifs is 1. The van der Waals surface area contributed by atoms with Gasteiger partial charge in [0.25, 0.3) is 5.91 Å². The molecular weight excluding hydrogens is 443 g/mol. The van der Waals surface area contributed by atoms with E-state index in [-0.39, 0.29) is 23.8 Å². The summed E-state index contributed by atoms with van der Waals surface area (Å²) >= 11 is 0. The van der Waals surface area contributed by atoms with E-state index in [2.05, 4.69) is 29.6 Å². The van der Waals surface area contributed by atoms with Crippen molar-refractivity contribution in [2.24, 2.45) is 5.92 Å². The third-order valence-corrected chi connectivity index (χ3v) is 6.72. The summed E-state index contributed by atoms with van der Waals surface area (Å²) in [5.74, 6) is 0.127. The van der Waals surface area contributed by atoms with Crippen LogP contribution < -0.4 is 10.1 Å². The molecule has 5 nitrogen and oxygen atoms in total. The van der Waals surface area contributed by atoms with Crippen molar-refractivity contribution in [3.05, 3.63) is 94.8 Å². The van der Waals surface area contributed by atoms with E-state index in [1.54, 1.807) is 19.1 Å². The molecule has 1 fully saturated rings. The minimum absolute atomic E-state index is 0.135. The largest absolute Gasteiger partial charge is 0.481 e. The van der Waals surface area contributed by atoms with Gasteiger partial charge in [-0.1, -0.05) is 42.0 Å². The van der Waals surface area contributed by atoms with Gasteiger partial charge in [-0.3, -0.25) is 9.59 Å². The molecule has 2 aliphatic rings. The molecule has 3 aromatic rings. The van der Waals surface area contributed by atoms with Crippen molar-refractivity contribution in [3.63, 3.8) is 0 Å². The summed E-state index contributed by atoms with van der Waals surface area (Å²) in [7, 11) is 0. The van der Waals surface area contributed by atoms with Gasteiger partial charge in [0.15, 0.2) is 6.10 Å². The number of halogens is 1. The first kappa shape index (κ1) is 23.1. The monoisotopic (exact) mass is 472 g/mol. The Morgan fingerprint density at radius 1 is 1.06 bits per heavy atom. The Labute approximate surface area is 204 Å². The summed E-state index contributed by atoms with van der Waals surface area (Å²) in [5, 5.41) is 2.69. The second-order valence-electron chi connectivity index (χ2n) is 9.49. The average molecular weight is 473 g/mol. The van der Waals surface area contributed by atoms with Gasteiger partial charge in [-0.05, 0) is 80.1 Å². The van der Waals surface area contributed by atoms with Gasteiger partial charge in [-0.25, -0.2) is 4.39 Å². The zero-order chi connectivity index (χ0) is 24.5. The number of nitrogens with zero attached hydrogens (tertiary/aromatic N) is 1. The van der Waals surface area contributed by atoms with E-state index >= 15 is 0 Å². The molecule has 0 bridgehead atoms. The number of hydrogen-bond donors (Lipinski definition) is 1. The summed E-state index contributed by atoms with van der Waals surface area (Å²) < 4.78 is 19.5. The lowest BCUT2D eigenvalue weighted by Crippen LogP contribution is -2.41. The van der Waals surface area contributed by atoms with Crippen molar-refractivity contribution in [2.45, 2.75) is 45.3 Å². The van der Waals surface area contributed by atoms with Crippen LogP contribution in [0.1, 0.15) is 48.1 Å². The first-order valence-electron chi connectivity index (χ1n) is 12.1. The van der Waals surface area contributed by atoms with Gasteiger partial charge in [0.05, 0.1) is 6.04 Å². The number of anilines is 1. The second kappa shape index (κ2) is 9.53. The van der Waals surface area contributed by atoms with E-state index in [1.165, 1.54) is 23.3 Å². The number of aryl methyl sites for hydroxylation is 1. The Morgan fingerprint density at radius 3 is 2.54 bits per heavy atom. The number of amides is 2. The van der Waals surface area contributed by atoms with Crippen LogP contribution in [0, 0.1) is 18.7 Å². The summed E-state index contributed by atoms with van der Waals surface area (Å²) in [6.45, 7) is 4.40. The highest BCUT2D eigenvalue weighted by Crippen LogP contribution is 2.41. The normalized spacial score (nSPS) is 17.9. The van der Waals surface area contributed by atoms with Gasteiger partial charge < -0.3 is 15.0 Å². The molecule has 1 heterocycles. The molecule has 1 aliphatic carbocycles. The number of benzene rings is 3. The number of rotatable bonds is 6. The lowest BCUT2D eigenvalue weighted by atomic mass is 9.87. The lowest BCUT2D eigenvalue weighted by molar-refractivity contribution is -0.134. The number of carbonyl (C=O) groups is 2. The highest BCUT2D eigenvalue weighted by molar-refractivity contribution is 5.94. The van der Waals surface area contributed by atoms with Crippen LogP contribution in [0.2, 0.25) is 0 Å². The standard InChI is InChI=1S/C29H29FN2O3/c1-18-6-8-21(9-7-18)27-26-17-25(13-12-20(26)14-15-32(27)29(34)22-10-11-22)35-19(2)28(33)31-24-5-3-4-23(30)16-24/h3-9,12-13,16-17,19,22,27H,10-11,14-15H2,1-2H3,(H,31,33). The Bertz CT molecular complexity index is 1250. The molecule has 1 aliphatic heterocycles. The zero-order valence-electron chi connectivity index (χ0n) is 20.0. The number of ether oxygens (including phenoxy) is 1. The molecule has 6 heteroatoms. The molecule has 1 saturated carbocycles. The van der Waals surface area contributed by atoms with E-state index in [9.17, 15) is 14.0 Å². The lowest BCUT2D eigenvalue weighted by Gasteiger charge is -2.38. The van der Waals surface area contributed by atoms with Crippen LogP contribution in [-0.2, 0) is 16.0 Å². The first-order chi connectivity index (χ1) is 16.9. The fourth-order valence-corrected chi connectivity index (χ4v) is 4.64. The van der Waals surface area contributed by atoms with Crippen molar-refractivity contribution < 1.29 is 18.7 Å². The molecule has 35 heavy (non-hydrogen) atoms. The summed E-state index contributed by atoms with van der Waals surface area (Å²) in [4.78, 5) is 27.8. The van der Waals surface area contributed by atoms with Crippen LogP contribution in [0.25, 0.3) is 0 Å². The smallest absolute Gasteiger partial charge is 0.265 e. The third-order valence-electron chi connectivity index (χ3n) is 6.72. The average Bonchev–Trinajstić information content (AvgIpc) is 3.69. The molecule has 0 aromatic heterocycles. The van der Waals surface area contributed by atoms with Crippen LogP contribution in [0.15, 0.2) is 66.7 Å². The van der Waals surface area contributed by atoms with Gasteiger partial charge in [0.1, 0.15) is 11.6 Å². The number of hydrogen-bond acceptors (Lipinski definition) is 3. The predicted molar refractivity (Wildman–Crippen MR) is 133 cm³/mol. The molecule has 2 amide bonds. The maximum absolute atomic E-state index is 13.5. The van der Waals surface area contributed by atoms with Crippen molar-refractivity contribution in [1.82, 2.24) is 4.90 Å². The van der Waals surface area contributed by atoms with E-state index in [0.29, 0.717) is 18.0 Å². The fourth-order valence-electron chi connectivity index (χ4n) is 4.64. The molecule has 0 spiro atoms. The van der Waals surface area contributed by atoms with E-state index < -0.39 is 11.9 Å². The van der Waals surface area contributed by atoms with Gasteiger partial charge >= 0.3 is 0 Å². The van der Waals surface area contributed by atoms with Crippen molar-refractivity contribution in [1.29, 1.82) is 0 Å². The number of nitrogens with one attached hydrogen (secondary N) is 1. The van der Waals surface area contributed by atoms with Gasteiger partial charge in [-0.15, -0.1) is 0 Å². The highest BCUT2D eigenvalue weighted by atomic mass is 19.1. The molecular formula is C29H29FN2O3. The Hall–Kier alpha value is -3.67. The van der Waals surface area contributed by atoms with Crippen LogP contribution in [0.5, 0.6) is 5.75 Å². The van der Waals surface area contributed by atoms with Crippen molar-refractivity contribution in [3.8, 4) is 5.75 Å². The zero-order valence-corrected chi connectivity index (χ0v) is 20.0. The molecule has 5 rings (SSSR count). The molecule has 0 saturated heterocycles. The van der Waals surface area contributed by atoms with Gasteiger partial charge in [-0.2, -0.15) is 0 Å². The van der Waals surface area contributed by atoms with Crippen LogP contribution in [0.4, 0.5) is 10.1 Å². The Balaban J connectivity index is 1.40. The summed E-state index contributed by atoms with van der Waals surface area (Å²) in [6.07, 6.45) is 1.92. The summed E-state index contributed by atoms with van der Waals surface area (Å²) in [6, 6.07) is 19.7. The van der Waals surface area contributed by atoms with Crippen LogP contribution in [-0.4, -0.2) is 29.4 Å². The van der Waals surface area contributed by atoms with Crippen molar-refractivity contribution >= 4 is 17.5 Å². The minimum Gasteiger partial charge on any atom is -0.481 e. The second-order valence-corrected chi connectivity index (χ2v) is 9.49. The van der Waals surface area contributed by atoms with Crippen molar-refractivity contribution in [2.75, 3.05) is 11.9 Å².